The molecule has 1 heterocycles. The lowest BCUT2D eigenvalue weighted by Crippen LogP contribution is -2.35. The standard InChI is InChI=1S/C13H19N3O4/c1-15(2)6-7-16(9-12(17)18)10-4-5-14-11(8-10)13(19)20-3/h4-5,8H,6-7,9H2,1-3H3,(H,17,18). The monoisotopic (exact) mass is 281 g/mol. The normalized spacial score (nSPS) is 10.4. The summed E-state index contributed by atoms with van der Waals surface area (Å²) >= 11 is 0. The minimum atomic E-state index is -0.930. The average molecular weight is 281 g/mol. The smallest absolute Gasteiger partial charge is 0.356 e. The van der Waals surface area contributed by atoms with Gasteiger partial charge in [0, 0.05) is 25.0 Å². The summed E-state index contributed by atoms with van der Waals surface area (Å²) < 4.78 is 4.61. The SMILES string of the molecule is COC(=O)c1cc(N(CCN(C)C)CC(=O)O)ccn1. The Labute approximate surface area is 117 Å². The second-order valence-electron chi connectivity index (χ2n) is 4.51. The number of aliphatic carboxylic acids is 1. The molecule has 0 aliphatic heterocycles. The largest absolute Gasteiger partial charge is 0.480 e. The Morgan fingerprint density at radius 2 is 2.05 bits per heavy atom. The van der Waals surface area contributed by atoms with Crippen molar-refractivity contribution < 1.29 is 19.4 Å². The van der Waals surface area contributed by atoms with Crippen molar-refractivity contribution in [3.05, 3.63) is 24.0 Å². The number of rotatable bonds is 7. The number of likely N-dealkylation sites (N-methyl/N-ethyl adjacent to an activating group) is 1. The Bertz CT molecular complexity index is 476. The van der Waals surface area contributed by atoms with Crippen molar-refractivity contribution in [2.45, 2.75) is 0 Å². The summed E-state index contributed by atoms with van der Waals surface area (Å²) in [5, 5.41) is 8.97. The third-order valence-corrected chi connectivity index (χ3v) is 2.65. The number of methoxy groups -OCH3 is 1. The molecule has 0 unspecified atom stereocenters. The van der Waals surface area contributed by atoms with E-state index in [1.165, 1.54) is 19.4 Å². The van der Waals surface area contributed by atoms with Gasteiger partial charge in [0.15, 0.2) is 0 Å². The van der Waals surface area contributed by atoms with Gasteiger partial charge in [0.05, 0.1) is 7.11 Å². The molecule has 0 radical (unpaired) electrons. The molecule has 110 valence electrons. The highest BCUT2D eigenvalue weighted by molar-refractivity contribution is 5.88. The minimum absolute atomic E-state index is 0.140. The van der Waals surface area contributed by atoms with E-state index in [-0.39, 0.29) is 12.2 Å². The highest BCUT2D eigenvalue weighted by Crippen LogP contribution is 2.15. The van der Waals surface area contributed by atoms with E-state index in [4.69, 9.17) is 5.11 Å². The van der Waals surface area contributed by atoms with Crippen LogP contribution in [0.25, 0.3) is 0 Å². The van der Waals surface area contributed by atoms with Gasteiger partial charge in [0.1, 0.15) is 12.2 Å². The number of carboxylic acid groups (broad SMARTS) is 1. The van der Waals surface area contributed by atoms with Gasteiger partial charge in [-0.05, 0) is 26.2 Å². The number of pyridine rings is 1. The third kappa shape index (κ3) is 4.85. The first-order chi connectivity index (χ1) is 9.43. The van der Waals surface area contributed by atoms with Crippen molar-refractivity contribution in [3.8, 4) is 0 Å². The van der Waals surface area contributed by atoms with Crippen LogP contribution in [-0.4, -0.2) is 67.8 Å². The van der Waals surface area contributed by atoms with Crippen LogP contribution in [0, 0.1) is 0 Å². The summed E-state index contributed by atoms with van der Waals surface area (Å²) in [4.78, 5) is 29.9. The van der Waals surface area contributed by atoms with Crippen LogP contribution in [0.2, 0.25) is 0 Å². The third-order valence-electron chi connectivity index (χ3n) is 2.65. The second kappa shape index (κ2) is 7.44. The number of carboxylic acids is 1. The number of nitrogens with zero attached hydrogens (tertiary/aromatic N) is 3. The molecule has 1 aromatic rings. The number of hydrogen-bond acceptors (Lipinski definition) is 6. The lowest BCUT2D eigenvalue weighted by Gasteiger charge is -2.24. The van der Waals surface area contributed by atoms with E-state index in [1.807, 2.05) is 19.0 Å². The van der Waals surface area contributed by atoms with Crippen LogP contribution in [0.1, 0.15) is 10.5 Å². The fourth-order valence-corrected chi connectivity index (χ4v) is 1.62. The maximum atomic E-state index is 11.4. The summed E-state index contributed by atoms with van der Waals surface area (Å²) in [6.45, 7) is 1.09. The van der Waals surface area contributed by atoms with Crippen molar-refractivity contribution in [3.63, 3.8) is 0 Å². The van der Waals surface area contributed by atoms with Gasteiger partial charge < -0.3 is 19.6 Å². The van der Waals surface area contributed by atoms with Gasteiger partial charge in [-0.3, -0.25) is 4.79 Å². The maximum Gasteiger partial charge on any atom is 0.356 e. The first kappa shape index (κ1) is 15.9. The Morgan fingerprint density at radius 3 is 2.60 bits per heavy atom. The van der Waals surface area contributed by atoms with Gasteiger partial charge in [-0.25, -0.2) is 9.78 Å². The van der Waals surface area contributed by atoms with Crippen LogP contribution in [-0.2, 0) is 9.53 Å². The Balaban J connectivity index is 2.94. The molecule has 7 heteroatoms. The van der Waals surface area contributed by atoms with Crippen molar-refractivity contribution in [2.24, 2.45) is 0 Å². The molecule has 0 spiro atoms. The lowest BCUT2D eigenvalue weighted by atomic mass is 10.2. The Kier molecular flexibility index (Phi) is 5.92. The molecule has 1 aromatic heterocycles. The zero-order valence-corrected chi connectivity index (χ0v) is 11.9. The van der Waals surface area contributed by atoms with Crippen LogP contribution in [0.4, 0.5) is 5.69 Å². The van der Waals surface area contributed by atoms with E-state index < -0.39 is 11.9 Å². The first-order valence-corrected chi connectivity index (χ1v) is 6.10. The van der Waals surface area contributed by atoms with Crippen LogP contribution in [0.5, 0.6) is 0 Å². The summed E-state index contributed by atoms with van der Waals surface area (Å²) in [5.41, 5.74) is 0.787. The number of esters is 1. The van der Waals surface area contributed by atoms with Gasteiger partial charge in [-0.1, -0.05) is 0 Å². The Hall–Kier alpha value is -2.15. The van der Waals surface area contributed by atoms with Gasteiger partial charge in [0.2, 0.25) is 0 Å². The predicted molar refractivity (Wildman–Crippen MR) is 74.0 cm³/mol. The number of hydrogen-bond donors (Lipinski definition) is 1. The van der Waals surface area contributed by atoms with E-state index in [0.717, 1.165) is 0 Å². The Morgan fingerprint density at radius 1 is 1.35 bits per heavy atom. The lowest BCUT2D eigenvalue weighted by molar-refractivity contribution is -0.135. The molecule has 7 nitrogen and oxygen atoms in total. The molecule has 0 bridgehead atoms. The molecule has 0 saturated heterocycles. The molecule has 0 atom stereocenters. The quantitative estimate of drug-likeness (QED) is 0.721. The van der Waals surface area contributed by atoms with E-state index in [2.05, 4.69) is 9.72 Å². The van der Waals surface area contributed by atoms with Crippen molar-refractivity contribution in [2.75, 3.05) is 45.7 Å². The molecule has 20 heavy (non-hydrogen) atoms. The number of aromatic nitrogens is 1. The molecule has 0 fully saturated rings. The van der Waals surface area contributed by atoms with E-state index in [1.54, 1.807) is 11.0 Å². The van der Waals surface area contributed by atoms with Gasteiger partial charge >= 0.3 is 11.9 Å². The van der Waals surface area contributed by atoms with Gasteiger partial charge in [-0.2, -0.15) is 0 Å². The molecule has 1 N–H and O–H groups in total. The summed E-state index contributed by atoms with van der Waals surface area (Å²) in [6.07, 6.45) is 1.46. The molecule has 0 aliphatic carbocycles. The van der Waals surface area contributed by atoms with E-state index in [9.17, 15) is 9.59 Å². The fourth-order valence-electron chi connectivity index (χ4n) is 1.62. The average Bonchev–Trinajstić information content (AvgIpc) is 2.42. The van der Waals surface area contributed by atoms with Crippen LogP contribution >= 0.6 is 0 Å². The number of carbonyl (C=O) groups is 2. The molecule has 0 saturated carbocycles. The molecular formula is C13H19N3O4. The highest BCUT2D eigenvalue weighted by Gasteiger charge is 2.14. The number of ether oxygens (including phenoxy) is 1. The predicted octanol–water partition coefficient (Wildman–Crippen LogP) is 0.321. The fraction of sp³-hybridized carbons (Fsp3) is 0.462. The zero-order valence-electron chi connectivity index (χ0n) is 11.9. The van der Waals surface area contributed by atoms with Crippen molar-refractivity contribution in [1.29, 1.82) is 0 Å². The summed E-state index contributed by atoms with van der Waals surface area (Å²) in [7, 11) is 5.09. The van der Waals surface area contributed by atoms with Gasteiger partial charge in [0.25, 0.3) is 0 Å². The van der Waals surface area contributed by atoms with Crippen LogP contribution in [0.15, 0.2) is 18.3 Å². The maximum absolute atomic E-state index is 11.4. The van der Waals surface area contributed by atoms with Crippen LogP contribution < -0.4 is 4.90 Å². The molecular weight excluding hydrogens is 262 g/mol. The number of anilines is 1. The van der Waals surface area contributed by atoms with Crippen LogP contribution in [0.3, 0.4) is 0 Å². The van der Waals surface area contributed by atoms with E-state index in [0.29, 0.717) is 18.8 Å². The zero-order chi connectivity index (χ0) is 15.1. The van der Waals surface area contributed by atoms with Gasteiger partial charge in [-0.15, -0.1) is 0 Å². The topological polar surface area (TPSA) is 83.0 Å². The summed E-state index contributed by atoms with van der Waals surface area (Å²) in [6, 6.07) is 3.20. The number of carbonyl (C=O) groups excluding carboxylic acids is 1. The second-order valence-corrected chi connectivity index (χ2v) is 4.51. The molecule has 0 aromatic carbocycles. The molecule has 0 amide bonds. The first-order valence-electron chi connectivity index (χ1n) is 6.10. The van der Waals surface area contributed by atoms with Crippen molar-refractivity contribution >= 4 is 17.6 Å². The van der Waals surface area contributed by atoms with Crippen molar-refractivity contribution in [1.82, 2.24) is 9.88 Å². The van der Waals surface area contributed by atoms with E-state index >= 15 is 0 Å². The summed E-state index contributed by atoms with van der Waals surface area (Å²) in [5.74, 6) is -1.48. The highest BCUT2D eigenvalue weighted by atomic mass is 16.5. The molecule has 0 aliphatic rings. The molecule has 1 rings (SSSR count). The minimum Gasteiger partial charge on any atom is -0.480 e.